The molecule has 0 aliphatic heterocycles. The van der Waals surface area contributed by atoms with Gasteiger partial charge in [0.15, 0.2) is 5.78 Å². The molecule has 1 atom stereocenters. The molecule has 2 aromatic rings. The number of carbonyl (C=O) groups is 2. The number of ketones is 1. The number of ether oxygens (including phenoxy) is 2. The van der Waals surface area contributed by atoms with Crippen LogP contribution in [0.1, 0.15) is 57.9 Å². The Morgan fingerprint density at radius 1 is 1.12 bits per heavy atom. The highest BCUT2D eigenvalue weighted by atomic mass is 32.2. The lowest BCUT2D eigenvalue weighted by atomic mass is 10.0. The third kappa shape index (κ3) is 5.54. The quantitative estimate of drug-likeness (QED) is 0.279. The molecule has 2 rings (SSSR count). The second kappa shape index (κ2) is 11.1. The minimum atomic E-state index is -3.95. The van der Waals surface area contributed by atoms with Gasteiger partial charge in [0.25, 0.3) is 0 Å². The molecule has 1 heterocycles. The summed E-state index contributed by atoms with van der Waals surface area (Å²) < 4.78 is 40.1. The molecule has 0 radical (unpaired) electrons. The fourth-order valence-electron chi connectivity index (χ4n) is 3.90. The van der Waals surface area contributed by atoms with Crippen LogP contribution in [0.2, 0.25) is 0 Å². The highest BCUT2D eigenvalue weighted by molar-refractivity contribution is 7.89. The van der Waals surface area contributed by atoms with Gasteiger partial charge in [-0.05, 0) is 58.7 Å². The van der Waals surface area contributed by atoms with E-state index >= 15 is 0 Å². The Labute approximate surface area is 196 Å². The molecule has 0 bridgehead atoms. The van der Waals surface area contributed by atoms with Gasteiger partial charge in [-0.2, -0.15) is 4.31 Å². The minimum absolute atomic E-state index is 0.123. The van der Waals surface area contributed by atoms with E-state index in [1.54, 1.807) is 56.7 Å². The molecule has 0 saturated heterocycles. The maximum absolute atomic E-state index is 13.6. The Hall–Kier alpha value is -2.49. The Balaban J connectivity index is 2.50. The average Bonchev–Trinajstić information content (AvgIpc) is 3.00. The summed E-state index contributed by atoms with van der Waals surface area (Å²) in [6, 6.07) is 5.57. The van der Waals surface area contributed by atoms with Crippen LogP contribution in [0, 0.1) is 20.8 Å². The fraction of sp³-hybridized carbons (Fsp3) is 0.500. The molecule has 1 unspecified atom stereocenters. The van der Waals surface area contributed by atoms with Crippen LogP contribution in [0.4, 0.5) is 0 Å². The number of hydrogen-bond acceptors (Lipinski definition) is 6. The number of rotatable bonds is 11. The first-order chi connectivity index (χ1) is 15.5. The van der Waals surface area contributed by atoms with E-state index in [4.69, 9.17) is 9.47 Å². The van der Waals surface area contributed by atoms with E-state index in [1.807, 2.05) is 13.8 Å². The van der Waals surface area contributed by atoms with Crippen molar-refractivity contribution in [1.82, 2.24) is 8.87 Å². The molecule has 33 heavy (non-hydrogen) atoms. The standard InChI is InChI=1S/C24H34N2O6S/c1-8-32-15-9-14-26(33(29,30)20-12-10-16(2)11-13-20)19(5)23(27)21-17(3)22(24(28)31-7)25(6)18(21)4/h10-13,19H,8-9,14-15H2,1-7H3. The predicted octanol–water partition coefficient (Wildman–Crippen LogP) is 3.43. The first-order valence-electron chi connectivity index (χ1n) is 10.9. The minimum Gasteiger partial charge on any atom is -0.464 e. The number of benzene rings is 1. The molecule has 1 aromatic carbocycles. The molecule has 0 spiro atoms. The number of hydrogen-bond donors (Lipinski definition) is 0. The summed E-state index contributed by atoms with van der Waals surface area (Å²) in [4.78, 5) is 26.0. The highest BCUT2D eigenvalue weighted by Crippen LogP contribution is 2.27. The maximum atomic E-state index is 13.6. The summed E-state index contributed by atoms with van der Waals surface area (Å²) in [5, 5.41) is 0. The van der Waals surface area contributed by atoms with Crippen LogP contribution in [-0.2, 0) is 26.5 Å². The van der Waals surface area contributed by atoms with Crippen LogP contribution in [0.25, 0.3) is 0 Å². The van der Waals surface area contributed by atoms with Crippen LogP contribution in [0.5, 0.6) is 0 Å². The fourth-order valence-corrected chi connectivity index (χ4v) is 5.53. The van der Waals surface area contributed by atoms with Crippen molar-refractivity contribution in [3.63, 3.8) is 0 Å². The summed E-state index contributed by atoms with van der Waals surface area (Å²) in [6.07, 6.45) is 0.441. The number of methoxy groups -OCH3 is 1. The van der Waals surface area contributed by atoms with Crippen LogP contribution in [0.15, 0.2) is 29.2 Å². The summed E-state index contributed by atoms with van der Waals surface area (Å²) in [6.45, 7) is 9.76. The number of carbonyl (C=O) groups excluding carboxylic acids is 2. The van der Waals surface area contributed by atoms with Crippen molar-refractivity contribution in [3.8, 4) is 0 Å². The number of nitrogens with zero attached hydrogens (tertiary/aromatic N) is 2. The van der Waals surface area contributed by atoms with Gasteiger partial charge in [-0.15, -0.1) is 0 Å². The summed E-state index contributed by atoms with van der Waals surface area (Å²) in [5.41, 5.74) is 2.59. The van der Waals surface area contributed by atoms with Gasteiger partial charge in [-0.1, -0.05) is 17.7 Å². The molecule has 0 aliphatic carbocycles. The zero-order chi connectivity index (χ0) is 24.9. The smallest absolute Gasteiger partial charge is 0.354 e. The maximum Gasteiger partial charge on any atom is 0.354 e. The van der Waals surface area contributed by atoms with E-state index in [0.29, 0.717) is 36.5 Å². The SMILES string of the molecule is CCOCCCN(C(C)C(=O)c1c(C)c(C(=O)OC)n(C)c1C)S(=O)(=O)c1ccc(C)cc1. The van der Waals surface area contributed by atoms with Crippen molar-refractivity contribution < 1.29 is 27.5 Å². The summed E-state index contributed by atoms with van der Waals surface area (Å²) >= 11 is 0. The number of esters is 1. The van der Waals surface area contributed by atoms with Crippen molar-refractivity contribution in [2.24, 2.45) is 7.05 Å². The summed E-state index contributed by atoms with van der Waals surface area (Å²) in [7, 11) is -0.989. The van der Waals surface area contributed by atoms with Crippen molar-refractivity contribution in [3.05, 3.63) is 52.3 Å². The van der Waals surface area contributed by atoms with E-state index in [9.17, 15) is 18.0 Å². The summed E-state index contributed by atoms with van der Waals surface area (Å²) in [5.74, 6) is -0.923. The Morgan fingerprint density at radius 2 is 1.73 bits per heavy atom. The number of aryl methyl sites for hydroxylation is 1. The van der Waals surface area contributed by atoms with Crippen molar-refractivity contribution in [1.29, 1.82) is 0 Å². The molecule has 182 valence electrons. The van der Waals surface area contributed by atoms with Crippen LogP contribution in [0.3, 0.4) is 0 Å². The molecule has 1 aromatic heterocycles. The van der Waals surface area contributed by atoms with E-state index < -0.39 is 22.0 Å². The van der Waals surface area contributed by atoms with Crippen molar-refractivity contribution >= 4 is 21.8 Å². The highest BCUT2D eigenvalue weighted by Gasteiger charge is 2.36. The molecule has 0 amide bonds. The van der Waals surface area contributed by atoms with Gasteiger partial charge in [-0.25, -0.2) is 13.2 Å². The zero-order valence-corrected chi connectivity index (χ0v) is 21.3. The molecule has 8 nitrogen and oxygen atoms in total. The number of Topliss-reactive ketones (excluding diaryl/α,β-unsaturated/α-hetero) is 1. The van der Waals surface area contributed by atoms with Gasteiger partial charge >= 0.3 is 5.97 Å². The second-order valence-corrected chi connectivity index (χ2v) is 9.89. The lowest BCUT2D eigenvalue weighted by Crippen LogP contribution is -2.44. The first-order valence-corrected chi connectivity index (χ1v) is 12.4. The van der Waals surface area contributed by atoms with Gasteiger partial charge in [-0.3, -0.25) is 4.79 Å². The van der Waals surface area contributed by atoms with Crippen LogP contribution >= 0.6 is 0 Å². The zero-order valence-electron chi connectivity index (χ0n) is 20.5. The van der Waals surface area contributed by atoms with Crippen molar-refractivity contribution in [2.45, 2.75) is 52.0 Å². The van der Waals surface area contributed by atoms with Gasteiger partial charge in [0.1, 0.15) is 5.69 Å². The molecule has 0 N–H and O–H groups in total. The second-order valence-electron chi connectivity index (χ2n) is 8.00. The van der Waals surface area contributed by atoms with E-state index in [-0.39, 0.29) is 22.9 Å². The Morgan fingerprint density at radius 3 is 2.27 bits per heavy atom. The Bertz CT molecular complexity index is 1100. The van der Waals surface area contributed by atoms with Gasteiger partial charge in [0.05, 0.1) is 18.0 Å². The molecular formula is C24H34N2O6S. The van der Waals surface area contributed by atoms with Crippen molar-refractivity contribution in [2.75, 3.05) is 26.9 Å². The predicted molar refractivity (Wildman–Crippen MR) is 126 cm³/mol. The first kappa shape index (κ1) is 26.8. The molecular weight excluding hydrogens is 444 g/mol. The lowest BCUT2D eigenvalue weighted by Gasteiger charge is -2.28. The Kier molecular flexibility index (Phi) is 8.99. The monoisotopic (exact) mass is 478 g/mol. The van der Waals surface area contributed by atoms with E-state index in [1.165, 1.54) is 11.4 Å². The largest absolute Gasteiger partial charge is 0.464 e. The number of sulfonamides is 1. The van der Waals surface area contributed by atoms with Gasteiger partial charge in [0, 0.05) is 38.1 Å². The number of aromatic nitrogens is 1. The van der Waals surface area contributed by atoms with Gasteiger partial charge < -0.3 is 14.0 Å². The third-order valence-corrected chi connectivity index (χ3v) is 7.85. The van der Waals surface area contributed by atoms with E-state index in [0.717, 1.165) is 5.56 Å². The third-order valence-electron chi connectivity index (χ3n) is 5.87. The molecule has 0 fully saturated rings. The van der Waals surface area contributed by atoms with Crippen LogP contribution < -0.4 is 0 Å². The van der Waals surface area contributed by atoms with Gasteiger partial charge in [0.2, 0.25) is 10.0 Å². The molecule has 9 heteroatoms. The lowest BCUT2D eigenvalue weighted by molar-refractivity contribution is 0.0588. The van der Waals surface area contributed by atoms with E-state index in [2.05, 4.69) is 0 Å². The molecule has 0 saturated carbocycles. The van der Waals surface area contributed by atoms with Crippen LogP contribution in [-0.4, -0.2) is 62.0 Å². The topological polar surface area (TPSA) is 94.9 Å². The average molecular weight is 479 g/mol. The normalized spacial score (nSPS) is 12.7. The molecule has 0 aliphatic rings.